The number of hydrogen-bond donors (Lipinski definition) is 3. The highest BCUT2D eigenvalue weighted by Gasteiger charge is 2.11. The van der Waals surface area contributed by atoms with E-state index >= 15 is 0 Å². The molecule has 3 N–H and O–H groups in total. The van der Waals surface area contributed by atoms with Crippen molar-refractivity contribution in [2.24, 2.45) is 11.8 Å². The number of hydrogen-bond acceptors (Lipinski definition) is 2. The smallest absolute Gasteiger partial charge is 0.404 e. The van der Waals surface area contributed by atoms with Crippen LogP contribution in [0.2, 0.25) is 0 Å². The van der Waals surface area contributed by atoms with E-state index in [9.17, 15) is 4.79 Å². The molecule has 0 fully saturated rings. The van der Waals surface area contributed by atoms with Gasteiger partial charge >= 0.3 is 6.09 Å². The van der Waals surface area contributed by atoms with Crippen LogP contribution in [0.4, 0.5) is 4.79 Å². The predicted octanol–water partition coefficient (Wildman–Crippen LogP) is 1.30. The molecule has 0 aliphatic carbocycles. The van der Waals surface area contributed by atoms with E-state index in [4.69, 9.17) is 10.2 Å². The minimum absolute atomic E-state index is 0.124. The topological polar surface area (TPSA) is 69.6 Å². The van der Waals surface area contributed by atoms with Gasteiger partial charge in [-0.25, -0.2) is 4.79 Å². The van der Waals surface area contributed by atoms with Crippen molar-refractivity contribution < 1.29 is 15.0 Å². The van der Waals surface area contributed by atoms with E-state index in [0.717, 1.165) is 6.42 Å². The number of carboxylic acid groups (broad SMARTS) is 1. The van der Waals surface area contributed by atoms with Gasteiger partial charge in [0.1, 0.15) is 0 Å². The largest absolute Gasteiger partial charge is 0.465 e. The fraction of sp³-hybridized carbons (Fsp3) is 0.889. The Morgan fingerprint density at radius 1 is 1.46 bits per heavy atom. The number of nitrogens with one attached hydrogen (secondary N) is 1. The quantitative estimate of drug-likeness (QED) is 0.590. The first-order valence-electron chi connectivity index (χ1n) is 4.64. The molecule has 0 aromatic carbocycles. The number of aliphatic hydroxyl groups is 1. The zero-order chi connectivity index (χ0) is 10.3. The Labute approximate surface area is 79.0 Å². The molecule has 0 aromatic heterocycles. The normalized spacial score (nSPS) is 12.9. The van der Waals surface area contributed by atoms with E-state index in [1.54, 1.807) is 0 Å². The van der Waals surface area contributed by atoms with E-state index in [0.29, 0.717) is 18.9 Å². The van der Waals surface area contributed by atoms with Gasteiger partial charge < -0.3 is 15.5 Å². The fourth-order valence-electron chi connectivity index (χ4n) is 1.38. The van der Waals surface area contributed by atoms with Crippen molar-refractivity contribution in [2.75, 3.05) is 13.2 Å². The lowest BCUT2D eigenvalue weighted by atomic mass is 9.94. The van der Waals surface area contributed by atoms with Gasteiger partial charge in [0.2, 0.25) is 0 Å². The number of carbonyl (C=O) groups is 1. The highest BCUT2D eigenvalue weighted by molar-refractivity contribution is 5.64. The minimum atomic E-state index is -0.994. The van der Waals surface area contributed by atoms with Crippen LogP contribution in [0.1, 0.15) is 26.7 Å². The van der Waals surface area contributed by atoms with Crippen molar-refractivity contribution in [1.29, 1.82) is 0 Å². The lowest BCUT2D eigenvalue weighted by Gasteiger charge is -2.17. The molecule has 0 heterocycles. The lowest BCUT2D eigenvalue weighted by molar-refractivity contribution is 0.187. The Morgan fingerprint density at radius 3 is 2.46 bits per heavy atom. The summed E-state index contributed by atoms with van der Waals surface area (Å²) in [5.74, 6) is 0.785. The van der Waals surface area contributed by atoms with Crippen molar-refractivity contribution in [3.05, 3.63) is 0 Å². The van der Waals surface area contributed by atoms with E-state index in [2.05, 4.69) is 19.2 Å². The van der Waals surface area contributed by atoms with Crippen LogP contribution >= 0.6 is 0 Å². The minimum Gasteiger partial charge on any atom is -0.465 e. The van der Waals surface area contributed by atoms with Gasteiger partial charge in [0, 0.05) is 13.2 Å². The van der Waals surface area contributed by atoms with Crippen molar-refractivity contribution in [3.8, 4) is 0 Å². The maximum atomic E-state index is 10.2. The third-order valence-corrected chi connectivity index (χ3v) is 1.88. The average molecular weight is 189 g/mol. The first-order chi connectivity index (χ1) is 6.06. The van der Waals surface area contributed by atoms with E-state index in [1.165, 1.54) is 0 Å². The summed E-state index contributed by atoms with van der Waals surface area (Å²) in [6.45, 7) is 4.74. The number of amides is 1. The van der Waals surface area contributed by atoms with Crippen LogP contribution in [0.5, 0.6) is 0 Å². The Kier molecular flexibility index (Phi) is 6.32. The molecule has 0 saturated carbocycles. The summed E-state index contributed by atoms with van der Waals surface area (Å²) < 4.78 is 0. The van der Waals surface area contributed by atoms with Crippen LogP contribution in [0.3, 0.4) is 0 Å². The highest BCUT2D eigenvalue weighted by atomic mass is 16.4. The summed E-state index contributed by atoms with van der Waals surface area (Å²) in [5.41, 5.74) is 0. The third kappa shape index (κ3) is 7.59. The first-order valence-corrected chi connectivity index (χ1v) is 4.64. The molecule has 0 rings (SSSR count). The molecule has 0 spiro atoms. The monoisotopic (exact) mass is 189 g/mol. The van der Waals surface area contributed by atoms with Gasteiger partial charge in [0.15, 0.2) is 0 Å². The van der Waals surface area contributed by atoms with Gasteiger partial charge in [-0.05, 0) is 24.7 Å². The lowest BCUT2D eigenvalue weighted by Crippen LogP contribution is -2.28. The molecule has 13 heavy (non-hydrogen) atoms. The molecule has 4 heteroatoms. The summed E-state index contributed by atoms with van der Waals surface area (Å²) in [6.07, 6.45) is 0.617. The molecule has 0 aliphatic rings. The van der Waals surface area contributed by atoms with Crippen LogP contribution in [0.25, 0.3) is 0 Å². The van der Waals surface area contributed by atoms with Gasteiger partial charge in [0.25, 0.3) is 0 Å². The van der Waals surface area contributed by atoms with Crippen molar-refractivity contribution in [1.82, 2.24) is 5.32 Å². The maximum absolute atomic E-state index is 10.2. The van der Waals surface area contributed by atoms with Crippen molar-refractivity contribution in [3.63, 3.8) is 0 Å². The molecular formula is C9H19NO3. The van der Waals surface area contributed by atoms with E-state index in [1.807, 2.05) is 0 Å². The summed E-state index contributed by atoms with van der Waals surface area (Å²) in [6, 6.07) is 0. The van der Waals surface area contributed by atoms with Gasteiger partial charge in [-0.15, -0.1) is 0 Å². The van der Waals surface area contributed by atoms with Gasteiger partial charge in [-0.3, -0.25) is 0 Å². The number of aliphatic hydroxyl groups excluding tert-OH is 1. The van der Waals surface area contributed by atoms with Crippen molar-refractivity contribution >= 4 is 6.09 Å². The summed E-state index contributed by atoms with van der Waals surface area (Å²) in [5, 5.41) is 19.5. The van der Waals surface area contributed by atoms with E-state index in [-0.39, 0.29) is 12.5 Å². The molecule has 1 amide bonds. The fourth-order valence-corrected chi connectivity index (χ4v) is 1.38. The van der Waals surface area contributed by atoms with Crippen LogP contribution in [0, 0.1) is 11.8 Å². The van der Waals surface area contributed by atoms with Crippen LogP contribution in [-0.4, -0.2) is 29.5 Å². The molecule has 0 aliphatic heterocycles. The molecule has 1 unspecified atom stereocenters. The molecule has 4 nitrogen and oxygen atoms in total. The standard InChI is InChI=1S/C9H19NO3/c1-7(2)5-8(3-4-11)6-10-9(12)13/h7-8,10-11H,3-6H2,1-2H3,(H,12,13). The first kappa shape index (κ1) is 12.2. The van der Waals surface area contributed by atoms with Gasteiger partial charge in [-0.2, -0.15) is 0 Å². The Morgan fingerprint density at radius 2 is 2.08 bits per heavy atom. The molecular weight excluding hydrogens is 170 g/mol. The van der Waals surface area contributed by atoms with Crippen LogP contribution in [-0.2, 0) is 0 Å². The Bertz CT molecular complexity index is 148. The second-order valence-electron chi connectivity index (χ2n) is 3.69. The van der Waals surface area contributed by atoms with Crippen LogP contribution < -0.4 is 5.32 Å². The SMILES string of the molecule is CC(C)CC(CCO)CNC(=O)O. The Hall–Kier alpha value is -0.770. The molecule has 0 bridgehead atoms. The predicted molar refractivity (Wildman–Crippen MR) is 50.7 cm³/mol. The summed E-state index contributed by atoms with van der Waals surface area (Å²) in [7, 11) is 0. The van der Waals surface area contributed by atoms with Gasteiger partial charge in [0.05, 0.1) is 0 Å². The molecule has 0 aromatic rings. The molecule has 1 atom stereocenters. The zero-order valence-electron chi connectivity index (χ0n) is 8.29. The Balaban J connectivity index is 3.72. The molecule has 0 radical (unpaired) electrons. The zero-order valence-corrected chi connectivity index (χ0v) is 8.29. The molecule has 78 valence electrons. The number of rotatable bonds is 6. The van der Waals surface area contributed by atoms with Crippen LogP contribution in [0.15, 0.2) is 0 Å². The highest BCUT2D eigenvalue weighted by Crippen LogP contribution is 2.13. The second kappa shape index (κ2) is 6.71. The molecule has 0 saturated heterocycles. The van der Waals surface area contributed by atoms with Crippen molar-refractivity contribution in [2.45, 2.75) is 26.7 Å². The third-order valence-electron chi connectivity index (χ3n) is 1.88. The summed E-state index contributed by atoms with van der Waals surface area (Å²) >= 11 is 0. The average Bonchev–Trinajstić information content (AvgIpc) is 1.99. The van der Waals surface area contributed by atoms with Gasteiger partial charge in [-0.1, -0.05) is 13.8 Å². The second-order valence-corrected chi connectivity index (χ2v) is 3.69. The maximum Gasteiger partial charge on any atom is 0.404 e. The van der Waals surface area contributed by atoms with E-state index < -0.39 is 6.09 Å². The summed E-state index contributed by atoms with van der Waals surface area (Å²) in [4.78, 5) is 10.2.